The summed E-state index contributed by atoms with van der Waals surface area (Å²) >= 11 is -1.11. The van der Waals surface area contributed by atoms with Crippen molar-refractivity contribution in [3.8, 4) is 12.3 Å². The number of nitrogens with zero attached hydrogens (tertiary/aromatic N) is 1. The van der Waals surface area contributed by atoms with Gasteiger partial charge >= 0.3 is 12.1 Å². The van der Waals surface area contributed by atoms with Gasteiger partial charge in [-0.3, -0.25) is 4.90 Å². The summed E-state index contributed by atoms with van der Waals surface area (Å²) in [5, 5.41) is 0. The zero-order valence-electron chi connectivity index (χ0n) is 13.8. The van der Waals surface area contributed by atoms with Crippen LogP contribution < -0.4 is 0 Å². The zero-order chi connectivity index (χ0) is 17.9. The SMILES string of the molecule is C#CCN(C(=O)OCc1ccccc1)[C@@H](CC[S+](C)[O-])C(=O)OC. The third-order valence-corrected chi connectivity index (χ3v) is 4.04. The van der Waals surface area contributed by atoms with Gasteiger partial charge in [0.1, 0.15) is 18.4 Å². The maximum absolute atomic E-state index is 12.3. The Bertz CT molecular complexity index is 570. The molecule has 0 aliphatic carbocycles. The van der Waals surface area contributed by atoms with E-state index in [1.165, 1.54) is 13.4 Å². The van der Waals surface area contributed by atoms with Crippen LogP contribution in [0, 0.1) is 12.3 Å². The van der Waals surface area contributed by atoms with Crippen LogP contribution in [0.15, 0.2) is 30.3 Å². The molecule has 0 aromatic heterocycles. The Morgan fingerprint density at radius 3 is 2.58 bits per heavy atom. The first-order valence-electron chi connectivity index (χ1n) is 7.28. The molecule has 0 radical (unpaired) electrons. The molecular formula is C17H21NO5S. The molecule has 24 heavy (non-hydrogen) atoms. The molecule has 1 amide bonds. The number of hydrogen-bond donors (Lipinski definition) is 0. The Labute approximate surface area is 145 Å². The normalized spacial score (nSPS) is 12.6. The molecule has 0 N–H and O–H groups in total. The van der Waals surface area contributed by atoms with Gasteiger partial charge in [-0.05, 0) is 5.56 Å². The van der Waals surface area contributed by atoms with Crippen molar-refractivity contribution in [3.05, 3.63) is 35.9 Å². The molecule has 1 rings (SSSR count). The fourth-order valence-electron chi connectivity index (χ4n) is 2.02. The molecule has 1 aromatic rings. The van der Waals surface area contributed by atoms with E-state index in [0.717, 1.165) is 10.5 Å². The highest BCUT2D eigenvalue weighted by Gasteiger charge is 2.32. The first kappa shape index (κ1) is 19.9. The van der Waals surface area contributed by atoms with E-state index in [1.807, 2.05) is 30.3 Å². The van der Waals surface area contributed by atoms with Crippen molar-refractivity contribution in [2.45, 2.75) is 19.1 Å². The van der Waals surface area contributed by atoms with Gasteiger partial charge in [0.05, 0.1) is 19.9 Å². The molecule has 6 nitrogen and oxygen atoms in total. The lowest BCUT2D eigenvalue weighted by Crippen LogP contribution is -2.47. The number of hydrogen-bond acceptors (Lipinski definition) is 5. The molecule has 0 aliphatic heterocycles. The van der Waals surface area contributed by atoms with Gasteiger partial charge in [-0.15, -0.1) is 6.42 Å². The van der Waals surface area contributed by atoms with E-state index in [9.17, 15) is 14.1 Å². The standard InChI is InChI=1S/C17H21NO5S/c1-4-11-18(15(16(19)22-2)10-12-24(3)21)17(20)23-13-14-8-6-5-7-9-14/h1,5-9,15H,10-13H2,2-3H3/t15-,24?/m0/s1. The van der Waals surface area contributed by atoms with Gasteiger partial charge in [-0.25, -0.2) is 9.59 Å². The summed E-state index contributed by atoms with van der Waals surface area (Å²) in [6.07, 6.45) is 6.28. The average molecular weight is 351 g/mol. The Morgan fingerprint density at radius 1 is 1.38 bits per heavy atom. The van der Waals surface area contributed by atoms with Gasteiger partial charge in [-0.1, -0.05) is 47.4 Å². The summed E-state index contributed by atoms with van der Waals surface area (Å²) in [6.45, 7) is -0.0436. The van der Waals surface area contributed by atoms with Crippen LogP contribution in [0.2, 0.25) is 0 Å². The summed E-state index contributed by atoms with van der Waals surface area (Å²) in [5.41, 5.74) is 0.816. The van der Waals surface area contributed by atoms with Crippen LogP contribution in [-0.2, 0) is 32.1 Å². The van der Waals surface area contributed by atoms with Crippen LogP contribution in [0.25, 0.3) is 0 Å². The van der Waals surface area contributed by atoms with E-state index in [0.29, 0.717) is 0 Å². The van der Waals surface area contributed by atoms with Crippen LogP contribution in [-0.4, -0.2) is 53.2 Å². The molecule has 7 heteroatoms. The van der Waals surface area contributed by atoms with E-state index >= 15 is 0 Å². The highest BCUT2D eigenvalue weighted by atomic mass is 32.2. The Hall–Kier alpha value is -2.17. The third kappa shape index (κ3) is 6.52. The van der Waals surface area contributed by atoms with Gasteiger partial charge in [0, 0.05) is 6.42 Å². The van der Waals surface area contributed by atoms with Crippen LogP contribution in [0.1, 0.15) is 12.0 Å². The van der Waals surface area contributed by atoms with Crippen molar-refractivity contribution in [3.63, 3.8) is 0 Å². The lowest BCUT2D eigenvalue weighted by Gasteiger charge is -2.27. The Balaban J connectivity index is 2.80. The van der Waals surface area contributed by atoms with Crippen molar-refractivity contribution in [2.24, 2.45) is 0 Å². The number of rotatable bonds is 8. The quantitative estimate of drug-likeness (QED) is 0.403. The number of methoxy groups -OCH3 is 1. The maximum Gasteiger partial charge on any atom is 0.411 e. The molecule has 0 heterocycles. The molecule has 0 fully saturated rings. The average Bonchev–Trinajstić information content (AvgIpc) is 2.59. The topological polar surface area (TPSA) is 78.9 Å². The maximum atomic E-state index is 12.3. The molecule has 0 bridgehead atoms. The van der Waals surface area contributed by atoms with E-state index in [-0.39, 0.29) is 25.3 Å². The van der Waals surface area contributed by atoms with E-state index in [2.05, 4.69) is 5.92 Å². The molecular weight excluding hydrogens is 330 g/mol. The predicted octanol–water partition coefficient (Wildman–Crippen LogP) is 1.57. The van der Waals surface area contributed by atoms with Gasteiger partial charge < -0.3 is 14.0 Å². The molecule has 0 aliphatic rings. The van der Waals surface area contributed by atoms with Crippen molar-refractivity contribution >= 4 is 23.2 Å². The molecule has 1 aromatic carbocycles. The highest BCUT2D eigenvalue weighted by Crippen LogP contribution is 2.12. The summed E-state index contributed by atoms with van der Waals surface area (Å²) in [6, 6.07) is 8.21. The summed E-state index contributed by atoms with van der Waals surface area (Å²) in [7, 11) is 1.22. The lowest BCUT2D eigenvalue weighted by molar-refractivity contribution is -0.146. The number of esters is 1. The molecule has 2 atom stereocenters. The number of carbonyl (C=O) groups is 2. The second kappa shape index (κ2) is 10.6. The predicted molar refractivity (Wildman–Crippen MR) is 91.5 cm³/mol. The fraction of sp³-hybridized carbons (Fsp3) is 0.412. The third-order valence-electron chi connectivity index (χ3n) is 3.23. The zero-order valence-corrected chi connectivity index (χ0v) is 14.6. The first-order valence-corrected chi connectivity index (χ1v) is 9.01. The molecule has 0 spiro atoms. The van der Waals surface area contributed by atoms with Crippen molar-refractivity contribution in [1.29, 1.82) is 0 Å². The second-order valence-electron chi connectivity index (χ2n) is 4.98. The number of terminal acetylenes is 1. The highest BCUT2D eigenvalue weighted by molar-refractivity contribution is 7.90. The molecule has 0 saturated carbocycles. The van der Waals surface area contributed by atoms with Crippen molar-refractivity contribution in [1.82, 2.24) is 4.90 Å². The fourth-order valence-corrected chi connectivity index (χ4v) is 2.57. The van der Waals surface area contributed by atoms with E-state index in [1.54, 1.807) is 0 Å². The van der Waals surface area contributed by atoms with E-state index in [4.69, 9.17) is 15.9 Å². The number of ether oxygens (including phenoxy) is 2. The Kier molecular flexibility index (Phi) is 8.76. The van der Waals surface area contributed by atoms with Gasteiger partial charge in [0.2, 0.25) is 0 Å². The molecule has 130 valence electrons. The largest absolute Gasteiger partial charge is 0.617 e. The van der Waals surface area contributed by atoms with Gasteiger partial charge in [-0.2, -0.15) is 0 Å². The van der Waals surface area contributed by atoms with Crippen LogP contribution in [0.3, 0.4) is 0 Å². The van der Waals surface area contributed by atoms with Gasteiger partial charge in [0.15, 0.2) is 0 Å². The number of benzene rings is 1. The monoisotopic (exact) mass is 351 g/mol. The van der Waals surface area contributed by atoms with Crippen molar-refractivity contribution < 1.29 is 23.6 Å². The Morgan fingerprint density at radius 2 is 2.04 bits per heavy atom. The van der Waals surface area contributed by atoms with Crippen molar-refractivity contribution in [2.75, 3.05) is 25.7 Å². The van der Waals surface area contributed by atoms with Crippen LogP contribution in [0.5, 0.6) is 0 Å². The van der Waals surface area contributed by atoms with E-state index < -0.39 is 29.3 Å². The smallest absolute Gasteiger partial charge is 0.411 e. The molecule has 0 saturated heterocycles. The minimum absolute atomic E-state index is 0.0638. The number of carbonyl (C=O) groups excluding carboxylic acids is 2. The summed E-state index contributed by atoms with van der Waals surface area (Å²) in [4.78, 5) is 25.4. The molecule has 1 unspecified atom stereocenters. The minimum Gasteiger partial charge on any atom is -0.617 e. The minimum atomic E-state index is -1.11. The summed E-state index contributed by atoms with van der Waals surface area (Å²) < 4.78 is 21.3. The van der Waals surface area contributed by atoms with Gasteiger partial charge in [0.25, 0.3) is 0 Å². The number of amides is 1. The van der Waals surface area contributed by atoms with Crippen LogP contribution in [0.4, 0.5) is 4.79 Å². The second-order valence-corrected chi connectivity index (χ2v) is 6.53. The first-order chi connectivity index (χ1) is 11.5. The lowest BCUT2D eigenvalue weighted by atomic mass is 10.2. The van der Waals surface area contributed by atoms with Crippen LogP contribution >= 0.6 is 0 Å². The summed E-state index contributed by atoms with van der Waals surface area (Å²) in [5.74, 6) is 1.96.